The highest BCUT2D eigenvalue weighted by molar-refractivity contribution is 9.10. The molecule has 3 N–H and O–H groups in total. The van der Waals surface area contributed by atoms with Crippen molar-refractivity contribution in [3.8, 4) is 16.9 Å². The first kappa shape index (κ1) is 9.72. The molecule has 2 heterocycles. The zero-order valence-corrected chi connectivity index (χ0v) is 10.0. The molecule has 0 atom stereocenters. The Hall–Kier alpha value is -1.49. The van der Waals surface area contributed by atoms with Gasteiger partial charge in [0.25, 0.3) is 0 Å². The van der Waals surface area contributed by atoms with Gasteiger partial charge in [0, 0.05) is 22.0 Å². The van der Waals surface area contributed by atoms with Gasteiger partial charge in [-0.15, -0.1) is 0 Å². The van der Waals surface area contributed by atoms with Crippen LogP contribution in [0.1, 0.15) is 5.56 Å². The third-order valence-electron chi connectivity index (χ3n) is 2.71. The molecular weight excluding hydrogens is 270 g/mol. The Morgan fingerprint density at radius 1 is 1.38 bits per heavy atom. The molecule has 3 rings (SSSR count). The Balaban J connectivity index is 2.25. The zero-order chi connectivity index (χ0) is 11.1. The van der Waals surface area contributed by atoms with Crippen LogP contribution >= 0.6 is 15.9 Å². The highest BCUT2D eigenvalue weighted by Crippen LogP contribution is 2.40. The predicted octanol–water partition coefficient (Wildman–Crippen LogP) is 2.36. The van der Waals surface area contributed by atoms with Crippen LogP contribution in [0, 0.1) is 0 Å². The number of fused-ring (bicyclic) bond motifs is 1. The van der Waals surface area contributed by atoms with Crippen molar-refractivity contribution >= 4 is 21.7 Å². The van der Waals surface area contributed by atoms with E-state index in [9.17, 15) is 0 Å². The predicted molar refractivity (Wildman–Crippen MR) is 65.3 cm³/mol. The Morgan fingerprint density at radius 2 is 2.25 bits per heavy atom. The molecule has 1 aliphatic heterocycles. The molecule has 0 amide bonds. The number of H-pyrrole nitrogens is 1. The van der Waals surface area contributed by atoms with Crippen molar-refractivity contribution in [1.82, 2.24) is 10.2 Å². The van der Waals surface area contributed by atoms with Crippen LogP contribution in [0.4, 0.5) is 5.82 Å². The fraction of sp³-hybridized carbons (Fsp3) is 0.182. The van der Waals surface area contributed by atoms with Crippen LogP contribution < -0.4 is 10.5 Å². The number of nitrogens with zero attached hydrogens (tertiary/aromatic N) is 1. The molecule has 4 nitrogen and oxygen atoms in total. The second-order valence-corrected chi connectivity index (χ2v) is 4.65. The molecule has 0 aliphatic carbocycles. The summed E-state index contributed by atoms with van der Waals surface area (Å²) in [7, 11) is 0. The molecule has 0 spiro atoms. The molecule has 0 saturated carbocycles. The summed E-state index contributed by atoms with van der Waals surface area (Å²) in [5, 5.41) is 6.67. The molecule has 5 heteroatoms. The first-order valence-electron chi connectivity index (χ1n) is 5.00. The first-order valence-corrected chi connectivity index (χ1v) is 5.79. The van der Waals surface area contributed by atoms with E-state index in [0.717, 1.165) is 34.4 Å². The van der Waals surface area contributed by atoms with Gasteiger partial charge in [-0.05, 0) is 17.7 Å². The van der Waals surface area contributed by atoms with Crippen LogP contribution in [0.15, 0.2) is 22.8 Å². The minimum atomic E-state index is 0.566. The Kier molecular flexibility index (Phi) is 2.14. The van der Waals surface area contributed by atoms with E-state index in [2.05, 4.69) is 32.2 Å². The molecule has 1 aliphatic rings. The van der Waals surface area contributed by atoms with Crippen LogP contribution in [-0.2, 0) is 6.42 Å². The van der Waals surface area contributed by atoms with E-state index >= 15 is 0 Å². The van der Waals surface area contributed by atoms with Crippen molar-refractivity contribution < 1.29 is 4.74 Å². The molecule has 0 radical (unpaired) electrons. The summed E-state index contributed by atoms with van der Waals surface area (Å²) in [6.07, 6.45) is 2.67. The van der Waals surface area contributed by atoms with Gasteiger partial charge >= 0.3 is 0 Å². The Morgan fingerprint density at radius 3 is 3.00 bits per heavy atom. The van der Waals surface area contributed by atoms with Gasteiger partial charge in [0.05, 0.1) is 12.8 Å². The minimum absolute atomic E-state index is 0.566. The number of rotatable bonds is 1. The van der Waals surface area contributed by atoms with E-state index in [0.29, 0.717) is 5.82 Å². The van der Waals surface area contributed by atoms with E-state index in [1.807, 2.05) is 6.07 Å². The maximum atomic E-state index is 5.83. The van der Waals surface area contributed by atoms with E-state index in [1.54, 1.807) is 6.20 Å². The van der Waals surface area contributed by atoms with Crippen molar-refractivity contribution in [1.29, 1.82) is 0 Å². The summed E-state index contributed by atoms with van der Waals surface area (Å²) in [4.78, 5) is 0. The topological polar surface area (TPSA) is 63.9 Å². The van der Waals surface area contributed by atoms with E-state index in [-0.39, 0.29) is 0 Å². The highest BCUT2D eigenvalue weighted by Gasteiger charge is 2.20. The van der Waals surface area contributed by atoms with E-state index in [1.165, 1.54) is 5.56 Å². The number of hydrogen-bond donors (Lipinski definition) is 2. The van der Waals surface area contributed by atoms with Gasteiger partial charge in [-0.25, -0.2) is 0 Å². The molecule has 16 heavy (non-hydrogen) atoms. The Bertz CT molecular complexity index is 550. The number of aromatic nitrogens is 2. The van der Waals surface area contributed by atoms with Crippen LogP contribution in [0.2, 0.25) is 0 Å². The van der Waals surface area contributed by atoms with Crippen molar-refractivity contribution in [2.24, 2.45) is 0 Å². The van der Waals surface area contributed by atoms with Crippen LogP contribution in [-0.4, -0.2) is 16.8 Å². The fourth-order valence-corrected chi connectivity index (χ4v) is 2.49. The second kappa shape index (κ2) is 3.52. The van der Waals surface area contributed by atoms with Gasteiger partial charge in [0.2, 0.25) is 0 Å². The number of nitrogen functional groups attached to an aromatic ring is 1. The minimum Gasteiger partial charge on any atom is -0.492 e. The summed E-state index contributed by atoms with van der Waals surface area (Å²) < 4.78 is 6.68. The SMILES string of the molecule is Nc1[nH]ncc1-c1cc(Br)cc2c1OCC2. The number of halogens is 1. The molecule has 2 aromatic rings. The lowest BCUT2D eigenvalue weighted by Crippen LogP contribution is -1.91. The maximum Gasteiger partial charge on any atom is 0.130 e. The molecule has 1 aromatic heterocycles. The van der Waals surface area contributed by atoms with Gasteiger partial charge in [-0.3, -0.25) is 5.10 Å². The van der Waals surface area contributed by atoms with Gasteiger partial charge in [-0.2, -0.15) is 5.10 Å². The summed E-state index contributed by atoms with van der Waals surface area (Å²) in [6.45, 7) is 0.733. The van der Waals surface area contributed by atoms with Crippen LogP contribution in [0.5, 0.6) is 5.75 Å². The molecule has 0 fully saturated rings. The number of hydrogen-bond acceptors (Lipinski definition) is 3. The number of anilines is 1. The number of ether oxygens (including phenoxy) is 1. The van der Waals surface area contributed by atoms with E-state index in [4.69, 9.17) is 10.5 Å². The third kappa shape index (κ3) is 1.39. The van der Waals surface area contributed by atoms with Crippen molar-refractivity contribution in [2.75, 3.05) is 12.3 Å². The van der Waals surface area contributed by atoms with Crippen LogP contribution in [0.3, 0.4) is 0 Å². The quantitative estimate of drug-likeness (QED) is 0.842. The van der Waals surface area contributed by atoms with Gasteiger partial charge < -0.3 is 10.5 Å². The summed E-state index contributed by atoms with van der Waals surface area (Å²) in [5.74, 6) is 1.49. The lowest BCUT2D eigenvalue weighted by atomic mass is 10.0. The maximum absolute atomic E-state index is 5.83. The Labute approximate surface area is 101 Å². The average Bonchev–Trinajstić information content (AvgIpc) is 2.84. The summed E-state index contributed by atoms with van der Waals surface area (Å²) in [5.41, 5.74) is 8.92. The first-order chi connectivity index (χ1) is 7.75. The second-order valence-electron chi connectivity index (χ2n) is 3.74. The van der Waals surface area contributed by atoms with Crippen molar-refractivity contribution in [3.05, 3.63) is 28.4 Å². The summed E-state index contributed by atoms with van der Waals surface area (Å²) in [6, 6.07) is 4.09. The number of aromatic amines is 1. The largest absolute Gasteiger partial charge is 0.492 e. The molecular formula is C11H10BrN3O. The standard InChI is InChI=1S/C11H10BrN3O/c12-7-3-6-1-2-16-10(6)8(4-7)9-5-14-15-11(9)13/h3-5H,1-2H2,(H3,13,14,15). The normalized spacial score (nSPS) is 13.6. The lowest BCUT2D eigenvalue weighted by Gasteiger charge is -2.07. The molecule has 0 unspecified atom stereocenters. The molecule has 82 valence electrons. The van der Waals surface area contributed by atoms with Crippen molar-refractivity contribution in [2.45, 2.75) is 6.42 Å². The number of nitrogens with one attached hydrogen (secondary N) is 1. The van der Waals surface area contributed by atoms with Gasteiger partial charge in [0.15, 0.2) is 0 Å². The number of benzene rings is 1. The fourth-order valence-electron chi connectivity index (χ4n) is 1.98. The van der Waals surface area contributed by atoms with Crippen LogP contribution in [0.25, 0.3) is 11.1 Å². The van der Waals surface area contributed by atoms with Crippen molar-refractivity contribution in [3.63, 3.8) is 0 Å². The van der Waals surface area contributed by atoms with Gasteiger partial charge in [-0.1, -0.05) is 15.9 Å². The smallest absolute Gasteiger partial charge is 0.130 e. The van der Waals surface area contributed by atoms with Gasteiger partial charge in [0.1, 0.15) is 11.6 Å². The highest BCUT2D eigenvalue weighted by atomic mass is 79.9. The zero-order valence-electron chi connectivity index (χ0n) is 8.46. The molecule has 0 bridgehead atoms. The number of nitrogens with two attached hydrogens (primary N) is 1. The summed E-state index contributed by atoms with van der Waals surface area (Å²) >= 11 is 3.50. The average molecular weight is 280 g/mol. The van der Waals surface area contributed by atoms with E-state index < -0.39 is 0 Å². The lowest BCUT2D eigenvalue weighted by molar-refractivity contribution is 0.358. The molecule has 0 saturated heterocycles. The molecule has 1 aromatic carbocycles. The monoisotopic (exact) mass is 279 g/mol. The third-order valence-corrected chi connectivity index (χ3v) is 3.17.